The zero-order valence-electron chi connectivity index (χ0n) is 16.9. The fourth-order valence-electron chi connectivity index (χ4n) is 2.84. The summed E-state index contributed by atoms with van der Waals surface area (Å²) in [5.74, 6) is 0.226. The molecule has 0 saturated carbocycles. The quantitative estimate of drug-likeness (QED) is 0.462. The van der Waals surface area contributed by atoms with Crippen LogP contribution in [-0.2, 0) is 9.59 Å². The summed E-state index contributed by atoms with van der Waals surface area (Å²) in [6.07, 6.45) is 0.391. The molecule has 0 bridgehead atoms. The van der Waals surface area contributed by atoms with Crippen LogP contribution in [0.2, 0.25) is 0 Å². The first kappa shape index (κ1) is 21.6. The van der Waals surface area contributed by atoms with Crippen LogP contribution >= 0.6 is 15.9 Å². The highest BCUT2D eigenvalue weighted by atomic mass is 79.9. The van der Waals surface area contributed by atoms with E-state index in [-0.39, 0.29) is 18.4 Å². The van der Waals surface area contributed by atoms with Gasteiger partial charge in [-0.15, -0.1) is 0 Å². The summed E-state index contributed by atoms with van der Waals surface area (Å²) in [5.41, 5.74) is 4.36. The van der Waals surface area contributed by atoms with Crippen LogP contribution < -0.4 is 15.4 Å². The molecule has 30 heavy (non-hydrogen) atoms. The number of rotatable bonds is 7. The average Bonchev–Trinajstić information content (AvgIpc) is 2.75. The molecule has 154 valence electrons. The van der Waals surface area contributed by atoms with Gasteiger partial charge in [0.25, 0.3) is 5.91 Å². The van der Waals surface area contributed by atoms with Crippen molar-refractivity contribution in [3.63, 3.8) is 0 Å². The molecule has 6 heteroatoms. The molecule has 3 aromatic carbocycles. The number of hydrogen-bond acceptors (Lipinski definition) is 3. The van der Waals surface area contributed by atoms with Crippen molar-refractivity contribution in [2.24, 2.45) is 0 Å². The van der Waals surface area contributed by atoms with Gasteiger partial charge >= 0.3 is 0 Å². The van der Waals surface area contributed by atoms with Gasteiger partial charge in [-0.3, -0.25) is 9.59 Å². The van der Waals surface area contributed by atoms with Gasteiger partial charge in [-0.2, -0.15) is 0 Å². The largest absolute Gasteiger partial charge is 0.483 e. The highest BCUT2D eigenvalue weighted by molar-refractivity contribution is 9.10. The van der Waals surface area contributed by atoms with Crippen molar-refractivity contribution in [2.45, 2.75) is 20.3 Å². The lowest BCUT2D eigenvalue weighted by Crippen LogP contribution is -2.20. The van der Waals surface area contributed by atoms with E-state index in [9.17, 15) is 9.59 Å². The summed E-state index contributed by atoms with van der Waals surface area (Å²) in [4.78, 5) is 24.0. The second-order valence-corrected chi connectivity index (χ2v) is 7.63. The number of nitrogens with one attached hydrogen (secondary N) is 2. The second kappa shape index (κ2) is 10.1. The maximum Gasteiger partial charge on any atom is 0.262 e. The number of carbonyl (C=O) groups excluding carboxylic acids is 2. The zero-order chi connectivity index (χ0) is 21.5. The van der Waals surface area contributed by atoms with Gasteiger partial charge in [0.05, 0.1) is 4.47 Å². The van der Waals surface area contributed by atoms with Crippen LogP contribution in [0.25, 0.3) is 11.1 Å². The van der Waals surface area contributed by atoms with Gasteiger partial charge in [0.15, 0.2) is 6.61 Å². The number of halogens is 1. The highest BCUT2D eigenvalue weighted by Crippen LogP contribution is 2.30. The minimum absolute atomic E-state index is 0.0753. The molecular weight excluding hydrogens is 444 g/mol. The molecule has 0 heterocycles. The lowest BCUT2D eigenvalue weighted by molar-refractivity contribution is -0.118. The van der Waals surface area contributed by atoms with Gasteiger partial charge in [-0.1, -0.05) is 49.4 Å². The zero-order valence-corrected chi connectivity index (χ0v) is 18.5. The third-order valence-electron chi connectivity index (χ3n) is 4.51. The number of aryl methyl sites for hydroxylation is 1. The third kappa shape index (κ3) is 5.70. The van der Waals surface area contributed by atoms with Crippen LogP contribution in [0.3, 0.4) is 0 Å². The first-order chi connectivity index (χ1) is 14.5. The van der Waals surface area contributed by atoms with Gasteiger partial charge in [-0.05, 0) is 63.8 Å². The van der Waals surface area contributed by atoms with Gasteiger partial charge in [0, 0.05) is 17.8 Å². The highest BCUT2D eigenvalue weighted by Gasteiger charge is 2.10. The van der Waals surface area contributed by atoms with Gasteiger partial charge in [0.1, 0.15) is 5.75 Å². The predicted molar refractivity (Wildman–Crippen MR) is 124 cm³/mol. The maximum absolute atomic E-state index is 12.3. The fourth-order valence-corrected chi connectivity index (χ4v) is 3.33. The Morgan fingerprint density at radius 2 is 1.67 bits per heavy atom. The standard InChI is InChI=1S/C24H23BrN2O3/c1-3-23(28)27-21-14-19(11-9-16(21)2)26-24(29)15-30-22-12-10-18(13-20(22)25)17-7-5-4-6-8-17/h4-14H,3,15H2,1-2H3,(H,26,29)(H,27,28). The number of amides is 2. The predicted octanol–water partition coefficient (Wildman–Crippen LogP) is 5.79. The number of benzene rings is 3. The number of ether oxygens (including phenoxy) is 1. The van der Waals surface area contributed by atoms with E-state index >= 15 is 0 Å². The van der Waals surface area contributed by atoms with Crippen LogP contribution in [-0.4, -0.2) is 18.4 Å². The molecule has 0 spiro atoms. The van der Waals surface area contributed by atoms with Crippen molar-refractivity contribution in [1.29, 1.82) is 0 Å². The summed E-state index contributed by atoms with van der Waals surface area (Å²) < 4.78 is 6.44. The summed E-state index contributed by atoms with van der Waals surface area (Å²) in [6.45, 7) is 3.56. The molecule has 0 aromatic heterocycles. The minimum atomic E-state index is -0.286. The Labute approximate surface area is 184 Å². The van der Waals surface area contributed by atoms with Crippen LogP contribution in [0.5, 0.6) is 5.75 Å². The summed E-state index contributed by atoms with van der Waals surface area (Å²) in [7, 11) is 0. The lowest BCUT2D eigenvalue weighted by atomic mass is 10.1. The van der Waals surface area contributed by atoms with Crippen LogP contribution in [0.4, 0.5) is 11.4 Å². The third-order valence-corrected chi connectivity index (χ3v) is 5.13. The topological polar surface area (TPSA) is 67.4 Å². The first-order valence-corrected chi connectivity index (χ1v) is 10.4. The molecular formula is C24H23BrN2O3. The first-order valence-electron chi connectivity index (χ1n) is 9.64. The smallest absolute Gasteiger partial charge is 0.262 e. The molecule has 2 N–H and O–H groups in total. The molecule has 0 saturated heterocycles. The molecule has 0 atom stereocenters. The van der Waals surface area contributed by atoms with Crippen LogP contribution in [0.1, 0.15) is 18.9 Å². The number of hydrogen-bond donors (Lipinski definition) is 2. The van der Waals surface area contributed by atoms with Crippen molar-refractivity contribution in [1.82, 2.24) is 0 Å². The van der Waals surface area contributed by atoms with Crippen molar-refractivity contribution < 1.29 is 14.3 Å². The van der Waals surface area contributed by atoms with Crippen molar-refractivity contribution in [3.05, 3.63) is 76.8 Å². The fraction of sp³-hybridized carbons (Fsp3) is 0.167. The minimum Gasteiger partial charge on any atom is -0.483 e. The summed E-state index contributed by atoms with van der Waals surface area (Å²) in [5, 5.41) is 5.63. The summed E-state index contributed by atoms with van der Waals surface area (Å²) in [6, 6.07) is 21.2. The molecule has 2 amide bonds. The molecule has 3 rings (SSSR count). The second-order valence-electron chi connectivity index (χ2n) is 6.78. The molecule has 3 aromatic rings. The maximum atomic E-state index is 12.3. The molecule has 0 unspecified atom stereocenters. The molecule has 0 aliphatic heterocycles. The van der Waals surface area contributed by atoms with Gasteiger partial charge in [-0.25, -0.2) is 0 Å². The monoisotopic (exact) mass is 466 g/mol. The number of carbonyl (C=O) groups is 2. The Hall–Kier alpha value is -3.12. The SMILES string of the molecule is CCC(=O)Nc1cc(NC(=O)COc2ccc(-c3ccccc3)cc2Br)ccc1C. The molecule has 0 fully saturated rings. The molecule has 5 nitrogen and oxygen atoms in total. The average molecular weight is 467 g/mol. The Kier molecular flexibility index (Phi) is 7.25. The Bertz CT molecular complexity index is 1050. The van der Waals surface area contributed by atoms with E-state index in [1.54, 1.807) is 19.1 Å². The Morgan fingerprint density at radius 3 is 2.37 bits per heavy atom. The van der Waals surface area contributed by atoms with Gasteiger partial charge in [0.2, 0.25) is 5.91 Å². The molecule has 0 aliphatic rings. The van der Waals surface area contributed by atoms with Crippen LogP contribution in [0.15, 0.2) is 71.2 Å². The molecule has 0 radical (unpaired) electrons. The number of anilines is 2. The van der Waals surface area contributed by atoms with Crippen molar-refractivity contribution in [3.8, 4) is 16.9 Å². The van der Waals surface area contributed by atoms with E-state index in [1.165, 1.54) is 0 Å². The van der Waals surface area contributed by atoms with E-state index in [1.807, 2.05) is 61.5 Å². The van der Waals surface area contributed by atoms with E-state index < -0.39 is 0 Å². The van der Waals surface area contributed by atoms with Crippen LogP contribution in [0, 0.1) is 6.92 Å². The van der Waals surface area contributed by atoms with E-state index in [2.05, 4.69) is 26.6 Å². The van der Waals surface area contributed by atoms with E-state index in [0.717, 1.165) is 21.2 Å². The lowest BCUT2D eigenvalue weighted by Gasteiger charge is -2.12. The summed E-state index contributed by atoms with van der Waals surface area (Å²) >= 11 is 3.51. The van der Waals surface area contributed by atoms with E-state index in [0.29, 0.717) is 23.5 Å². The van der Waals surface area contributed by atoms with Crippen molar-refractivity contribution in [2.75, 3.05) is 17.2 Å². The van der Waals surface area contributed by atoms with E-state index in [4.69, 9.17) is 4.74 Å². The van der Waals surface area contributed by atoms with Crippen molar-refractivity contribution >= 4 is 39.1 Å². The van der Waals surface area contributed by atoms with Gasteiger partial charge < -0.3 is 15.4 Å². The molecule has 0 aliphatic carbocycles. The normalized spacial score (nSPS) is 10.4. The Balaban J connectivity index is 1.61. The Morgan fingerprint density at radius 1 is 0.900 bits per heavy atom.